The number of hydrogen-bond acceptors (Lipinski definition) is 3. The van der Waals surface area contributed by atoms with E-state index in [1.807, 2.05) is 30.3 Å². The highest BCUT2D eigenvalue weighted by Gasteiger charge is 2.18. The largest absolute Gasteiger partial charge is 0.505 e. The molecule has 0 aromatic heterocycles. The molecule has 1 amide bonds. The summed E-state index contributed by atoms with van der Waals surface area (Å²) in [6.45, 7) is 0. The average Bonchev–Trinajstić information content (AvgIpc) is 2.92. The van der Waals surface area contributed by atoms with Crippen molar-refractivity contribution in [3.05, 3.63) is 73.8 Å². The van der Waals surface area contributed by atoms with Gasteiger partial charge in [0.15, 0.2) is 5.75 Å². The van der Waals surface area contributed by atoms with Crippen LogP contribution in [0.5, 0.6) is 5.75 Å². The van der Waals surface area contributed by atoms with Gasteiger partial charge in [0.1, 0.15) is 11.5 Å². The minimum atomic E-state index is -0.323. The SMILES string of the molecule is O=C1NC(/C=C/c2ccc(Br)cc2)=NC/1=C\c1cc(Cl)c(O)c(Cl)c1. The lowest BCUT2D eigenvalue weighted by Crippen LogP contribution is -2.22. The molecule has 2 N–H and O–H groups in total. The minimum absolute atomic E-state index is 0.108. The van der Waals surface area contributed by atoms with E-state index in [1.165, 1.54) is 12.1 Å². The molecule has 0 saturated heterocycles. The number of nitrogens with zero attached hydrogens (tertiary/aromatic N) is 1. The van der Waals surface area contributed by atoms with Crippen LogP contribution < -0.4 is 5.32 Å². The number of phenols is 1. The third-order valence-corrected chi connectivity index (χ3v) is 4.47. The summed E-state index contributed by atoms with van der Waals surface area (Å²) in [6.07, 6.45) is 5.12. The Balaban J connectivity index is 1.83. The van der Waals surface area contributed by atoms with Crippen LogP contribution in [-0.4, -0.2) is 16.8 Å². The Hall–Kier alpha value is -2.08. The molecule has 1 heterocycles. The second kappa shape index (κ2) is 7.44. The molecule has 0 atom stereocenters. The van der Waals surface area contributed by atoms with Crippen molar-refractivity contribution >= 4 is 63.0 Å². The Labute approximate surface area is 162 Å². The summed E-state index contributed by atoms with van der Waals surface area (Å²) in [4.78, 5) is 16.3. The number of aliphatic imine (C=N–C) groups is 1. The van der Waals surface area contributed by atoms with Crippen LogP contribution in [-0.2, 0) is 4.79 Å². The van der Waals surface area contributed by atoms with Crippen LogP contribution in [0.2, 0.25) is 10.0 Å². The number of benzene rings is 2. The topological polar surface area (TPSA) is 61.7 Å². The van der Waals surface area contributed by atoms with E-state index in [2.05, 4.69) is 26.2 Å². The van der Waals surface area contributed by atoms with Crippen molar-refractivity contribution in [1.29, 1.82) is 0 Å². The first-order valence-corrected chi connectivity index (χ1v) is 8.70. The molecule has 25 heavy (non-hydrogen) atoms. The highest BCUT2D eigenvalue weighted by molar-refractivity contribution is 9.10. The van der Waals surface area contributed by atoms with Crippen LogP contribution in [0.1, 0.15) is 11.1 Å². The van der Waals surface area contributed by atoms with E-state index in [0.717, 1.165) is 10.0 Å². The smallest absolute Gasteiger partial charge is 0.275 e. The van der Waals surface area contributed by atoms with Crippen LogP contribution in [0.15, 0.2) is 57.6 Å². The van der Waals surface area contributed by atoms with E-state index in [4.69, 9.17) is 23.2 Å². The number of halogens is 3. The molecule has 0 radical (unpaired) electrons. The highest BCUT2D eigenvalue weighted by atomic mass is 79.9. The third-order valence-electron chi connectivity index (χ3n) is 3.36. The number of rotatable bonds is 3. The summed E-state index contributed by atoms with van der Waals surface area (Å²) < 4.78 is 0.993. The first kappa shape index (κ1) is 17.7. The van der Waals surface area contributed by atoms with E-state index in [-0.39, 0.29) is 27.4 Å². The van der Waals surface area contributed by atoms with E-state index in [0.29, 0.717) is 11.4 Å². The lowest BCUT2D eigenvalue weighted by Gasteiger charge is -2.01. The average molecular weight is 438 g/mol. The van der Waals surface area contributed by atoms with E-state index in [1.54, 1.807) is 12.2 Å². The maximum Gasteiger partial charge on any atom is 0.275 e. The third kappa shape index (κ3) is 4.31. The van der Waals surface area contributed by atoms with Crippen LogP contribution in [0.4, 0.5) is 0 Å². The number of carbonyl (C=O) groups excluding carboxylic acids is 1. The molecule has 126 valence electrons. The van der Waals surface area contributed by atoms with Gasteiger partial charge in [-0.2, -0.15) is 0 Å². The number of carbonyl (C=O) groups is 1. The van der Waals surface area contributed by atoms with Gasteiger partial charge in [-0.1, -0.05) is 57.3 Å². The normalized spacial score (nSPS) is 15.7. The molecule has 7 heteroatoms. The molecule has 0 aliphatic carbocycles. The zero-order valence-electron chi connectivity index (χ0n) is 12.6. The number of amides is 1. The lowest BCUT2D eigenvalue weighted by atomic mass is 10.2. The molecule has 0 unspecified atom stereocenters. The first-order chi connectivity index (χ1) is 11.9. The van der Waals surface area contributed by atoms with Gasteiger partial charge < -0.3 is 10.4 Å². The molecule has 0 bridgehead atoms. The zero-order chi connectivity index (χ0) is 18.0. The van der Waals surface area contributed by atoms with Gasteiger partial charge in [0.05, 0.1) is 10.0 Å². The minimum Gasteiger partial charge on any atom is -0.505 e. The second-order valence-corrected chi connectivity index (χ2v) is 6.93. The highest BCUT2D eigenvalue weighted by Crippen LogP contribution is 2.33. The van der Waals surface area contributed by atoms with Crippen molar-refractivity contribution in [2.75, 3.05) is 0 Å². The van der Waals surface area contributed by atoms with E-state index < -0.39 is 0 Å². The van der Waals surface area contributed by atoms with Gasteiger partial charge in [-0.25, -0.2) is 4.99 Å². The van der Waals surface area contributed by atoms with Crippen LogP contribution >= 0.6 is 39.1 Å². The molecule has 0 spiro atoms. The van der Waals surface area contributed by atoms with Gasteiger partial charge in [-0.15, -0.1) is 0 Å². The summed E-state index contributed by atoms with van der Waals surface area (Å²) in [5, 5.41) is 12.5. The molecular weight excluding hydrogens is 427 g/mol. The van der Waals surface area contributed by atoms with Crippen molar-refractivity contribution in [3.63, 3.8) is 0 Å². The Morgan fingerprint density at radius 3 is 2.32 bits per heavy atom. The Kier molecular flexibility index (Phi) is 5.27. The predicted octanol–water partition coefficient (Wildman–Crippen LogP) is 5.04. The van der Waals surface area contributed by atoms with Gasteiger partial charge in [0, 0.05) is 4.47 Å². The Bertz CT molecular complexity index is 912. The number of aromatic hydroxyl groups is 1. The number of nitrogens with one attached hydrogen (secondary N) is 1. The molecule has 2 aromatic rings. The quantitative estimate of drug-likeness (QED) is 0.660. The maximum absolute atomic E-state index is 12.0. The predicted molar refractivity (Wildman–Crippen MR) is 105 cm³/mol. The second-order valence-electron chi connectivity index (χ2n) is 5.20. The summed E-state index contributed by atoms with van der Waals surface area (Å²) in [7, 11) is 0. The molecule has 1 aliphatic rings. The monoisotopic (exact) mass is 436 g/mol. The van der Waals surface area contributed by atoms with Gasteiger partial charge in [0.25, 0.3) is 5.91 Å². The van der Waals surface area contributed by atoms with Crippen molar-refractivity contribution in [1.82, 2.24) is 5.32 Å². The van der Waals surface area contributed by atoms with Crippen molar-refractivity contribution in [2.45, 2.75) is 0 Å². The van der Waals surface area contributed by atoms with Crippen LogP contribution in [0, 0.1) is 0 Å². The summed E-state index contributed by atoms with van der Waals surface area (Å²) >= 11 is 15.1. The standard InChI is InChI=1S/C18H11BrCl2N2O2/c19-12-4-1-10(2-5-12)3-6-16-22-15(18(25)23-16)9-11-7-13(20)17(24)14(21)8-11/h1-9,24H,(H,22,23,25)/b6-3+,15-9-. The fourth-order valence-corrected chi connectivity index (χ4v) is 2.91. The van der Waals surface area contributed by atoms with Gasteiger partial charge in [0.2, 0.25) is 0 Å². The summed E-state index contributed by atoms with van der Waals surface area (Å²) in [5.74, 6) is -0.0751. The molecule has 2 aromatic carbocycles. The maximum atomic E-state index is 12.0. The van der Waals surface area contributed by atoms with Crippen molar-refractivity contribution in [2.24, 2.45) is 4.99 Å². The summed E-state index contributed by atoms with van der Waals surface area (Å²) in [6, 6.07) is 10.8. The molecule has 3 rings (SSSR count). The van der Waals surface area contributed by atoms with Gasteiger partial charge in [-0.3, -0.25) is 4.79 Å². The fourth-order valence-electron chi connectivity index (χ4n) is 2.14. The molecule has 0 fully saturated rings. The molecule has 4 nitrogen and oxygen atoms in total. The molecule has 0 saturated carbocycles. The first-order valence-electron chi connectivity index (χ1n) is 7.16. The Morgan fingerprint density at radius 2 is 1.68 bits per heavy atom. The van der Waals surface area contributed by atoms with Gasteiger partial charge >= 0.3 is 0 Å². The van der Waals surface area contributed by atoms with E-state index in [9.17, 15) is 9.90 Å². The number of hydrogen-bond donors (Lipinski definition) is 2. The van der Waals surface area contributed by atoms with Crippen molar-refractivity contribution in [3.8, 4) is 5.75 Å². The number of phenolic OH excluding ortho intramolecular Hbond substituents is 1. The van der Waals surface area contributed by atoms with Crippen LogP contribution in [0.3, 0.4) is 0 Å². The molecular formula is C18H11BrCl2N2O2. The zero-order valence-corrected chi connectivity index (χ0v) is 15.7. The lowest BCUT2D eigenvalue weighted by molar-refractivity contribution is -0.115. The van der Waals surface area contributed by atoms with Crippen molar-refractivity contribution < 1.29 is 9.90 Å². The van der Waals surface area contributed by atoms with Crippen LogP contribution in [0.25, 0.3) is 12.2 Å². The summed E-state index contributed by atoms with van der Waals surface area (Å²) in [5.41, 5.74) is 1.78. The number of amidine groups is 1. The van der Waals surface area contributed by atoms with Gasteiger partial charge in [-0.05, 0) is 47.5 Å². The fraction of sp³-hybridized carbons (Fsp3) is 0. The Morgan fingerprint density at radius 1 is 1.04 bits per heavy atom. The molecule has 1 aliphatic heterocycles. The van der Waals surface area contributed by atoms with E-state index >= 15 is 0 Å².